The highest BCUT2D eigenvalue weighted by molar-refractivity contribution is 5.27. The molecule has 0 aliphatic heterocycles. The molecule has 1 aromatic carbocycles. The average molecular weight is 286 g/mol. The first-order valence-corrected chi connectivity index (χ1v) is 7.22. The van der Waals surface area contributed by atoms with Gasteiger partial charge in [-0.1, -0.05) is 18.2 Å². The summed E-state index contributed by atoms with van der Waals surface area (Å²) in [6, 6.07) is 14.0. The van der Waals surface area contributed by atoms with Crippen molar-refractivity contribution in [1.29, 1.82) is 0 Å². The van der Waals surface area contributed by atoms with Crippen LogP contribution in [-0.2, 0) is 17.7 Å². The molecular formula is C17H22N2O2. The number of benzene rings is 1. The van der Waals surface area contributed by atoms with E-state index in [9.17, 15) is 0 Å². The first-order valence-electron chi connectivity index (χ1n) is 7.22. The number of ether oxygens (including phenoxy) is 2. The normalized spacial score (nSPS) is 10.5. The Morgan fingerprint density at radius 3 is 2.57 bits per heavy atom. The van der Waals surface area contributed by atoms with Crippen LogP contribution in [0.2, 0.25) is 0 Å². The highest BCUT2D eigenvalue weighted by Gasteiger charge is 1.96. The minimum atomic E-state index is 0.563. The lowest BCUT2D eigenvalue weighted by molar-refractivity contribution is 0.102. The van der Waals surface area contributed by atoms with Gasteiger partial charge in [0.25, 0.3) is 0 Å². The molecule has 0 atom stereocenters. The lowest BCUT2D eigenvalue weighted by Crippen LogP contribution is -2.09. The van der Waals surface area contributed by atoms with Gasteiger partial charge in [-0.3, -0.25) is 4.98 Å². The fourth-order valence-corrected chi connectivity index (χ4v) is 1.95. The van der Waals surface area contributed by atoms with Crippen LogP contribution in [0.1, 0.15) is 11.3 Å². The Morgan fingerprint density at radius 2 is 1.86 bits per heavy atom. The molecule has 2 aromatic rings. The molecule has 0 saturated carbocycles. The first kappa shape index (κ1) is 15.5. The van der Waals surface area contributed by atoms with E-state index in [-0.39, 0.29) is 0 Å². The van der Waals surface area contributed by atoms with Crippen molar-refractivity contribution in [2.45, 2.75) is 13.0 Å². The number of aromatic nitrogens is 1. The van der Waals surface area contributed by atoms with Crippen LogP contribution in [0.25, 0.3) is 0 Å². The number of nitrogens with one attached hydrogen (secondary N) is 1. The minimum Gasteiger partial charge on any atom is -0.491 e. The SMILES string of the molecule is CNCc1ccc(OCCOCCc2ccccn2)cc1. The van der Waals surface area contributed by atoms with Gasteiger partial charge in [0.1, 0.15) is 12.4 Å². The second-order valence-corrected chi connectivity index (χ2v) is 4.71. The van der Waals surface area contributed by atoms with Crippen LogP contribution in [0.15, 0.2) is 48.7 Å². The van der Waals surface area contributed by atoms with Gasteiger partial charge in [0.05, 0.1) is 13.2 Å². The van der Waals surface area contributed by atoms with Gasteiger partial charge in [-0.05, 0) is 36.9 Å². The van der Waals surface area contributed by atoms with Gasteiger partial charge in [0, 0.05) is 24.9 Å². The second-order valence-electron chi connectivity index (χ2n) is 4.71. The van der Waals surface area contributed by atoms with E-state index in [1.54, 1.807) is 6.20 Å². The molecular weight excluding hydrogens is 264 g/mol. The largest absolute Gasteiger partial charge is 0.491 e. The summed E-state index contributed by atoms with van der Waals surface area (Å²) in [5, 5.41) is 3.12. The molecule has 0 spiro atoms. The summed E-state index contributed by atoms with van der Waals surface area (Å²) in [6.07, 6.45) is 2.63. The molecule has 4 nitrogen and oxygen atoms in total. The van der Waals surface area contributed by atoms with E-state index in [0.29, 0.717) is 19.8 Å². The third-order valence-corrected chi connectivity index (χ3v) is 3.03. The maximum absolute atomic E-state index is 5.63. The third-order valence-electron chi connectivity index (χ3n) is 3.03. The average Bonchev–Trinajstić information content (AvgIpc) is 2.53. The summed E-state index contributed by atoms with van der Waals surface area (Å²) >= 11 is 0. The predicted octanol–water partition coefficient (Wildman–Crippen LogP) is 2.44. The second kappa shape index (κ2) is 9.10. The van der Waals surface area contributed by atoms with Crippen molar-refractivity contribution in [2.24, 2.45) is 0 Å². The molecule has 0 saturated heterocycles. The van der Waals surface area contributed by atoms with Gasteiger partial charge in [-0.2, -0.15) is 0 Å². The summed E-state index contributed by atoms with van der Waals surface area (Å²) in [5.41, 5.74) is 2.30. The Morgan fingerprint density at radius 1 is 1.00 bits per heavy atom. The molecule has 1 heterocycles. The lowest BCUT2D eigenvalue weighted by Gasteiger charge is -2.08. The van der Waals surface area contributed by atoms with Crippen molar-refractivity contribution < 1.29 is 9.47 Å². The van der Waals surface area contributed by atoms with E-state index in [0.717, 1.165) is 24.4 Å². The minimum absolute atomic E-state index is 0.563. The monoisotopic (exact) mass is 286 g/mol. The Kier molecular flexibility index (Phi) is 6.71. The molecule has 4 heteroatoms. The Balaban J connectivity index is 1.57. The molecule has 0 unspecified atom stereocenters. The molecule has 21 heavy (non-hydrogen) atoms. The van der Waals surface area contributed by atoms with E-state index >= 15 is 0 Å². The molecule has 112 valence electrons. The number of hydrogen-bond donors (Lipinski definition) is 1. The molecule has 1 N–H and O–H groups in total. The molecule has 0 amide bonds. The maximum atomic E-state index is 5.63. The van der Waals surface area contributed by atoms with Gasteiger partial charge < -0.3 is 14.8 Å². The van der Waals surface area contributed by atoms with Crippen molar-refractivity contribution in [3.8, 4) is 5.75 Å². The Labute approximate surface area is 126 Å². The Bertz CT molecular complexity index is 500. The van der Waals surface area contributed by atoms with Crippen LogP contribution in [0, 0.1) is 0 Å². The zero-order valence-corrected chi connectivity index (χ0v) is 12.4. The van der Waals surface area contributed by atoms with Crippen LogP contribution in [0.5, 0.6) is 5.75 Å². The van der Waals surface area contributed by atoms with Crippen molar-refractivity contribution in [3.05, 3.63) is 59.9 Å². The van der Waals surface area contributed by atoms with Crippen molar-refractivity contribution in [3.63, 3.8) is 0 Å². The predicted molar refractivity (Wildman–Crippen MR) is 83.5 cm³/mol. The number of pyridine rings is 1. The van der Waals surface area contributed by atoms with E-state index in [2.05, 4.69) is 22.4 Å². The molecule has 1 aromatic heterocycles. The molecule has 2 rings (SSSR count). The highest BCUT2D eigenvalue weighted by atomic mass is 16.5. The van der Waals surface area contributed by atoms with Gasteiger partial charge in [-0.25, -0.2) is 0 Å². The molecule has 0 radical (unpaired) electrons. The van der Waals surface area contributed by atoms with Crippen LogP contribution in [0.3, 0.4) is 0 Å². The fourth-order valence-electron chi connectivity index (χ4n) is 1.95. The standard InChI is InChI=1S/C17H22N2O2/c1-18-14-15-5-7-17(8-6-15)21-13-12-20-11-9-16-4-2-3-10-19-16/h2-8,10,18H,9,11-14H2,1H3. The Hall–Kier alpha value is -1.91. The van der Waals surface area contributed by atoms with Crippen LogP contribution < -0.4 is 10.1 Å². The topological polar surface area (TPSA) is 43.4 Å². The van der Waals surface area contributed by atoms with Crippen molar-refractivity contribution >= 4 is 0 Å². The highest BCUT2D eigenvalue weighted by Crippen LogP contribution is 2.11. The molecule has 0 fully saturated rings. The van der Waals surface area contributed by atoms with E-state index in [4.69, 9.17) is 9.47 Å². The maximum Gasteiger partial charge on any atom is 0.119 e. The smallest absolute Gasteiger partial charge is 0.119 e. The van der Waals surface area contributed by atoms with Crippen LogP contribution >= 0.6 is 0 Å². The fraction of sp³-hybridized carbons (Fsp3) is 0.353. The number of rotatable bonds is 9. The van der Waals surface area contributed by atoms with Crippen LogP contribution in [-0.4, -0.2) is 31.9 Å². The van der Waals surface area contributed by atoms with Gasteiger partial charge >= 0.3 is 0 Å². The zero-order chi connectivity index (χ0) is 14.8. The molecule has 0 aliphatic rings. The van der Waals surface area contributed by atoms with Gasteiger partial charge in [0.2, 0.25) is 0 Å². The third kappa shape index (κ3) is 5.94. The van der Waals surface area contributed by atoms with E-state index in [1.807, 2.05) is 37.4 Å². The molecule has 0 aliphatic carbocycles. The summed E-state index contributed by atoms with van der Waals surface area (Å²) in [4.78, 5) is 4.25. The van der Waals surface area contributed by atoms with Crippen molar-refractivity contribution in [1.82, 2.24) is 10.3 Å². The summed E-state index contributed by atoms with van der Waals surface area (Å²) in [6.45, 7) is 2.69. The quantitative estimate of drug-likeness (QED) is 0.719. The van der Waals surface area contributed by atoms with E-state index in [1.165, 1.54) is 5.56 Å². The van der Waals surface area contributed by atoms with E-state index < -0.39 is 0 Å². The first-order chi connectivity index (χ1) is 10.4. The van der Waals surface area contributed by atoms with Gasteiger partial charge in [0.15, 0.2) is 0 Å². The molecule has 0 bridgehead atoms. The van der Waals surface area contributed by atoms with Crippen molar-refractivity contribution in [2.75, 3.05) is 26.9 Å². The van der Waals surface area contributed by atoms with Crippen LogP contribution in [0.4, 0.5) is 0 Å². The summed E-state index contributed by atoms with van der Waals surface area (Å²) in [7, 11) is 1.94. The van der Waals surface area contributed by atoms with Gasteiger partial charge in [-0.15, -0.1) is 0 Å². The number of hydrogen-bond acceptors (Lipinski definition) is 4. The summed E-state index contributed by atoms with van der Waals surface area (Å²) in [5.74, 6) is 0.878. The summed E-state index contributed by atoms with van der Waals surface area (Å²) < 4.78 is 11.2. The lowest BCUT2D eigenvalue weighted by atomic mass is 10.2. The number of nitrogens with zero attached hydrogens (tertiary/aromatic N) is 1. The zero-order valence-electron chi connectivity index (χ0n) is 12.4.